The summed E-state index contributed by atoms with van der Waals surface area (Å²) in [6.07, 6.45) is 13.3. The van der Waals surface area contributed by atoms with Crippen molar-refractivity contribution in [3.05, 3.63) is 58.8 Å². The molecule has 2 aliphatic rings. The molecular weight excluding hydrogens is 414 g/mol. The number of thioether (sulfide) groups is 1. The predicted octanol–water partition coefficient (Wildman–Crippen LogP) is 5.41. The van der Waals surface area contributed by atoms with Crippen molar-refractivity contribution in [2.24, 2.45) is 5.92 Å². The van der Waals surface area contributed by atoms with Gasteiger partial charge in [-0.05, 0) is 60.8 Å². The first-order chi connectivity index (χ1) is 15.6. The van der Waals surface area contributed by atoms with Crippen LogP contribution in [0.25, 0.3) is 10.9 Å². The van der Waals surface area contributed by atoms with Gasteiger partial charge in [0.2, 0.25) is 0 Å². The van der Waals surface area contributed by atoms with Crippen LogP contribution in [0.4, 0.5) is 0 Å². The minimum absolute atomic E-state index is 0.190. The summed E-state index contributed by atoms with van der Waals surface area (Å²) in [6.45, 7) is 9.03. The number of hydrogen-bond acceptors (Lipinski definition) is 3. The van der Waals surface area contributed by atoms with Crippen LogP contribution < -0.4 is 5.32 Å². The van der Waals surface area contributed by atoms with Crippen molar-refractivity contribution in [1.82, 2.24) is 14.8 Å². The van der Waals surface area contributed by atoms with E-state index in [4.69, 9.17) is 0 Å². The smallest absolute Gasteiger partial charge is 0.253 e. The Morgan fingerprint density at radius 3 is 2.84 bits per heavy atom. The van der Waals surface area contributed by atoms with Crippen LogP contribution in [0.15, 0.2) is 42.0 Å². The van der Waals surface area contributed by atoms with E-state index in [0.717, 1.165) is 75.6 Å². The number of carbonyl (C=O) groups excluding carboxylic acids is 1. The van der Waals surface area contributed by atoms with Crippen LogP contribution in [0.5, 0.6) is 0 Å². The van der Waals surface area contributed by atoms with Gasteiger partial charge in [-0.15, -0.1) is 0 Å². The number of carbonyl (C=O) groups is 1. The molecule has 1 aromatic carbocycles. The maximum atomic E-state index is 13.2. The van der Waals surface area contributed by atoms with Crippen molar-refractivity contribution >= 4 is 28.6 Å². The minimum Gasteiger partial charge on any atom is -0.340 e. The van der Waals surface area contributed by atoms with Crippen LogP contribution in [-0.4, -0.2) is 47.0 Å². The molecular formula is C27H37N3OS. The second kappa shape index (κ2) is 10.8. The predicted molar refractivity (Wildman–Crippen MR) is 138 cm³/mol. The van der Waals surface area contributed by atoms with E-state index < -0.39 is 0 Å². The number of piperidine rings is 1. The van der Waals surface area contributed by atoms with Gasteiger partial charge in [0.05, 0.1) is 0 Å². The van der Waals surface area contributed by atoms with Crippen LogP contribution in [-0.2, 0) is 19.5 Å². The first kappa shape index (κ1) is 23.2. The molecule has 4 nitrogen and oxygen atoms in total. The molecule has 1 amide bonds. The lowest BCUT2D eigenvalue weighted by Crippen LogP contribution is -2.37. The van der Waals surface area contributed by atoms with Crippen LogP contribution in [0.1, 0.15) is 54.7 Å². The van der Waals surface area contributed by atoms with Crippen LogP contribution in [0.2, 0.25) is 0 Å². The average molecular weight is 452 g/mol. The molecule has 32 heavy (non-hydrogen) atoms. The zero-order valence-electron chi connectivity index (χ0n) is 19.8. The van der Waals surface area contributed by atoms with E-state index in [0.29, 0.717) is 0 Å². The molecule has 3 heterocycles. The number of amides is 1. The van der Waals surface area contributed by atoms with E-state index in [2.05, 4.69) is 60.3 Å². The van der Waals surface area contributed by atoms with Gasteiger partial charge >= 0.3 is 0 Å². The van der Waals surface area contributed by atoms with E-state index in [1.807, 2.05) is 22.7 Å². The molecule has 0 radical (unpaired) electrons. The summed E-state index contributed by atoms with van der Waals surface area (Å²) in [7, 11) is 0. The Kier molecular flexibility index (Phi) is 7.80. The molecule has 5 heteroatoms. The molecule has 0 saturated carbocycles. The number of nitrogens with zero attached hydrogens (tertiary/aromatic N) is 2. The van der Waals surface area contributed by atoms with Gasteiger partial charge in [-0.2, -0.15) is 11.8 Å². The van der Waals surface area contributed by atoms with Gasteiger partial charge in [0, 0.05) is 67.1 Å². The van der Waals surface area contributed by atoms with Gasteiger partial charge in [-0.3, -0.25) is 4.79 Å². The van der Waals surface area contributed by atoms with E-state index in [9.17, 15) is 4.79 Å². The highest BCUT2D eigenvalue weighted by atomic mass is 32.2. The van der Waals surface area contributed by atoms with Gasteiger partial charge < -0.3 is 14.8 Å². The fourth-order valence-electron chi connectivity index (χ4n) is 5.01. The van der Waals surface area contributed by atoms with Crippen molar-refractivity contribution in [2.45, 2.75) is 52.6 Å². The second-order valence-corrected chi connectivity index (χ2v) is 10.1. The minimum atomic E-state index is 0.190. The fourth-order valence-corrected chi connectivity index (χ4v) is 5.30. The number of benzene rings is 1. The number of fused-ring (bicyclic) bond motifs is 3. The third-order valence-corrected chi connectivity index (χ3v) is 7.37. The summed E-state index contributed by atoms with van der Waals surface area (Å²) in [5.74, 6) is 1.95. The third-order valence-electron chi connectivity index (χ3n) is 6.85. The van der Waals surface area contributed by atoms with E-state index in [1.165, 1.54) is 27.7 Å². The molecule has 0 aliphatic carbocycles. The van der Waals surface area contributed by atoms with Gasteiger partial charge in [-0.25, -0.2) is 0 Å². The van der Waals surface area contributed by atoms with Gasteiger partial charge in [0.1, 0.15) is 0 Å². The highest BCUT2D eigenvalue weighted by Gasteiger charge is 2.24. The molecule has 0 spiro atoms. The summed E-state index contributed by atoms with van der Waals surface area (Å²) in [5.41, 5.74) is 6.25. The standard InChI is InChI=1S/C27H37N3OS/c1-4-6-21(7-5-16-32-3)19-30-25-9-8-22(27(31)29-14-11-20(2)12-15-29)17-23(25)24-18-28-13-10-26(24)30/h5-9,17,20,28H,4,10-16,18-19H2,1-3H3/b7-5-,21-6+. The molecule has 0 atom stereocenters. The molecule has 0 unspecified atom stereocenters. The Labute approximate surface area is 197 Å². The highest BCUT2D eigenvalue weighted by molar-refractivity contribution is 7.98. The SMILES string of the molecule is CC/C=C(\C=C/CSC)Cn1c2c(c3cc(C(=O)N4CCC(C)CC4)ccc31)CNCC2. The van der Waals surface area contributed by atoms with Crippen LogP contribution in [0.3, 0.4) is 0 Å². The Hall–Kier alpha value is -1.98. The lowest BCUT2D eigenvalue weighted by molar-refractivity contribution is 0.0697. The fraction of sp³-hybridized carbons (Fsp3) is 0.519. The zero-order chi connectivity index (χ0) is 22.5. The Balaban J connectivity index is 1.68. The number of hydrogen-bond donors (Lipinski definition) is 1. The average Bonchev–Trinajstić information content (AvgIpc) is 3.12. The largest absolute Gasteiger partial charge is 0.340 e. The monoisotopic (exact) mass is 451 g/mol. The van der Waals surface area contributed by atoms with Gasteiger partial charge in [0.15, 0.2) is 0 Å². The van der Waals surface area contributed by atoms with E-state index in [-0.39, 0.29) is 5.91 Å². The highest BCUT2D eigenvalue weighted by Crippen LogP contribution is 2.31. The van der Waals surface area contributed by atoms with Crippen LogP contribution >= 0.6 is 11.8 Å². The van der Waals surface area contributed by atoms with Gasteiger partial charge in [0.25, 0.3) is 5.91 Å². The molecule has 172 valence electrons. The summed E-state index contributed by atoms with van der Waals surface area (Å²) in [4.78, 5) is 15.3. The van der Waals surface area contributed by atoms with Crippen molar-refractivity contribution in [3.8, 4) is 0 Å². The van der Waals surface area contributed by atoms with Gasteiger partial charge in [-0.1, -0.05) is 32.1 Å². The Morgan fingerprint density at radius 1 is 1.28 bits per heavy atom. The summed E-state index contributed by atoms with van der Waals surface area (Å²) >= 11 is 1.85. The number of nitrogens with one attached hydrogen (secondary N) is 1. The zero-order valence-corrected chi connectivity index (χ0v) is 20.6. The van der Waals surface area contributed by atoms with Crippen LogP contribution in [0, 0.1) is 5.92 Å². The quantitative estimate of drug-likeness (QED) is 0.572. The topological polar surface area (TPSA) is 37.3 Å². The Bertz CT molecular complexity index is 1010. The third kappa shape index (κ3) is 4.99. The summed E-state index contributed by atoms with van der Waals surface area (Å²) < 4.78 is 2.49. The molecule has 1 N–H and O–H groups in total. The number of rotatable bonds is 7. The summed E-state index contributed by atoms with van der Waals surface area (Å²) in [6, 6.07) is 6.39. The maximum Gasteiger partial charge on any atom is 0.253 e. The first-order valence-corrected chi connectivity index (χ1v) is 13.5. The second-order valence-electron chi connectivity index (χ2n) is 9.19. The molecule has 2 aromatic rings. The number of aromatic nitrogens is 1. The first-order valence-electron chi connectivity index (χ1n) is 12.1. The Morgan fingerprint density at radius 2 is 2.09 bits per heavy atom. The molecule has 1 aromatic heterocycles. The van der Waals surface area contributed by atoms with Crippen molar-refractivity contribution in [1.29, 1.82) is 0 Å². The van der Waals surface area contributed by atoms with Crippen molar-refractivity contribution < 1.29 is 4.79 Å². The molecule has 1 fully saturated rings. The van der Waals surface area contributed by atoms with Crippen molar-refractivity contribution in [3.63, 3.8) is 0 Å². The molecule has 1 saturated heterocycles. The van der Waals surface area contributed by atoms with E-state index >= 15 is 0 Å². The maximum absolute atomic E-state index is 13.2. The molecule has 2 aliphatic heterocycles. The number of allylic oxidation sites excluding steroid dienone is 3. The lowest BCUT2D eigenvalue weighted by Gasteiger charge is -2.30. The molecule has 0 bridgehead atoms. The normalized spacial score (nSPS) is 18.0. The molecule has 4 rings (SSSR count). The lowest BCUT2D eigenvalue weighted by atomic mass is 9.98. The number of likely N-dealkylation sites (tertiary alicyclic amines) is 1. The van der Waals surface area contributed by atoms with E-state index in [1.54, 1.807) is 0 Å². The summed E-state index contributed by atoms with van der Waals surface area (Å²) in [5, 5.41) is 4.79. The van der Waals surface area contributed by atoms with Crippen molar-refractivity contribution in [2.75, 3.05) is 31.6 Å².